The molecule has 0 aliphatic carbocycles. The summed E-state index contributed by atoms with van der Waals surface area (Å²) < 4.78 is 12.9. The predicted molar refractivity (Wildman–Crippen MR) is 45.2 cm³/mol. The number of aliphatic hydroxyl groups excluding tert-OH is 1. The van der Waals surface area contributed by atoms with Gasteiger partial charge < -0.3 is 5.11 Å². The maximum Gasteiger partial charge on any atom is 0.142 e. The Morgan fingerprint density at radius 2 is 2.25 bits per heavy atom. The molecule has 0 aromatic heterocycles. The maximum atomic E-state index is 12.9. The number of terminal acetylenes is 1. The molecule has 12 heavy (non-hydrogen) atoms. The van der Waals surface area contributed by atoms with Crippen molar-refractivity contribution in [1.29, 1.82) is 0 Å². The summed E-state index contributed by atoms with van der Waals surface area (Å²) in [4.78, 5) is 0. The molecular formula is C9H6ClFO. The van der Waals surface area contributed by atoms with Gasteiger partial charge in [0.1, 0.15) is 11.9 Å². The zero-order valence-electron chi connectivity index (χ0n) is 6.09. The lowest BCUT2D eigenvalue weighted by Gasteiger charge is -2.04. The van der Waals surface area contributed by atoms with Crippen molar-refractivity contribution in [2.24, 2.45) is 0 Å². The van der Waals surface area contributed by atoms with Crippen LogP contribution in [0.15, 0.2) is 18.2 Å². The number of hydrogen-bond acceptors (Lipinski definition) is 1. The Bertz CT molecular complexity index is 330. The van der Waals surface area contributed by atoms with Crippen molar-refractivity contribution >= 4 is 11.6 Å². The van der Waals surface area contributed by atoms with Crippen molar-refractivity contribution in [3.63, 3.8) is 0 Å². The van der Waals surface area contributed by atoms with Gasteiger partial charge in [-0.1, -0.05) is 17.5 Å². The second-order valence-electron chi connectivity index (χ2n) is 2.24. The van der Waals surface area contributed by atoms with Crippen LogP contribution in [0.25, 0.3) is 0 Å². The Labute approximate surface area is 74.8 Å². The van der Waals surface area contributed by atoms with Crippen molar-refractivity contribution in [3.05, 3.63) is 34.6 Å². The number of halogens is 2. The summed E-state index contributed by atoms with van der Waals surface area (Å²) in [5.74, 6) is 1.46. The molecule has 1 atom stereocenters. The van der Waals surface area contributed by atoms with Crippen LogP contribution in [0, 0.1) is 18.2 Å². The van der Waals surface area contributed by atoms with Gasteiger partial charge in [0.05, 0.1) is 0 Å². The minimum Gasteiger partial charge on any atom is -0.376 e. The van der Waals surface area contributed by atoms with E-state index in [2.05, 4.69) is 0 Å². The lowest BCUT2D eigenvalue weighted by Crippen LogP contribution is -1.96. The van der Waals surface area contributed by atoms with Crippen molar-refractivity contribution in [2.75, 3.05) is 0 Å². The molecule has 3 heteroatoms. The molecule has 0 aliphatic rings. The highest BCUT2D eigenvalue weighted by Gasteiger charge is 2.09. The number of aliphatic hydroxyl groups is 1. The molecule has 0 amide bonds. The summed E-state index contributed by atoms with van der Waals surface area (Å²) in [5, 5.41) is 9.45. The SMILES string of the molecule is C#CC(O)c1cc(Cl)ccc1F. The quantitative estimate of drug-likeness (QED) is 0.663. The summed E-state index contributed by atoms with van der Waals surface area (Å²) in [5.41, 5.74) is 0.0324. The molecule has 1 unspecified atom stereocenters. The average Bonchev–Trinajstić information content (AvgIpc) is 2.08. The van der Waals surface area contributed by atoms with Crippen LogP contribution in [0.1, 0.15) is 11.7 Å². The van der Waals surface area contributed by atoms with E-state index in [0.717, 1.165) is 6.07 Å². The number of benzene rings is 1. The van der Waals surface area contributed by atoms with Crippen molar-refractivity contribution in [1.82, 2.24) is 0 Å². The lowest BCUT2D eigenvalue weighted by atomic mass is 10.1. The summed E-state index contributed by atoms with van der Waals surface area (Å²) in [6, 6.07) is 3.86. The molecule has 0 saturated carbocycles. The Kier molecular flexibility index (Phi) is 2.69. The van der Waals surface area contributed by atoms with Crippen LogP contribution >= 0.6 is 11.6 Å². The number of hydrogen-bond donors (Lipinski definition) is 1. The van der Waals surface area contributed by atoms with Crippen LogP contribution in [0.5, 0.6) is 0 Å². The normalized spacial score (nSPS) is 12.2. The molecule has 0 heterocycles. The van der Waals surface area contributed by atoms with Crippen molar-refractivity contribution < 1.29 is 9.50 Å². The van der Waals surface area contributed by atoms with Crippen LogP contribution in [0.2, 0.25) is 5.02 Å². The lowest BCUT2D eigenvalue weighted by molar-refractivity contribution is 0.233. The summed E-state index contributed by atoms with van der Waals surface area (Å²) in [6.45, 7) is 0. The average molecular weight is 185 g/mol. The van der Waals surface area contributed by atoms with E-state index < -0.39 is 11.9 Å². The highest BCUT2D eigenvalue weighted by molar-refractivity contribution is 6.30. The first-order valence-electron chi connectivity index (χ1n) is 3.24. The third-order valence-electron chi connectivity index (χ3n) is 1.41. The highest BCUT2D eigenvalue weighted by Crippen LogP contribution is 2.20. The zero-order chi connectivity index (χ0) is 9.14. The second kappa shape index (κ2) is 3.57. The molecule has 0 bridgehead atoms. The smallest absolute Gasteiger partial charge is 0.142 e. The van der Waals surface area contributed by atoms with E-state index in [1.54, 1.807) is 0 Å². The number of rotatable bonds is 1. The first kappa shape index (κ1) is 9.05. The molecule has 1 aromatic carbocycles. The molecule has 1 nitrogen and oxygen atoms in total. The fraction of sp³-hybridized carbons (Fsp3) is 0.111. The third-order valence-corrected chi connectivity index (χ3v) is 1.65. The van der Waals surface area contributed by atoms with Crippen LogP contribution < -0.4 is 0 Å². The van der Waals surface area contributed by atoms with Gasteiger partial charge in [0, 0.05) is 10.6 Å². The molecule has 0 saturated heterocycles. The standard InChI is InChI=1S/C9H6ClFO/c1-2-9(12)7-5-6(10)3-4-8(7)11/h1,3-5,9,12H. The first-order valence-corrected chi connectivity index (χ1v) is 3.62. The fourth-order valence-corrected chi connectivity index (χ4v) is 0.994. The van der Waals surface area contributed by atoms with Gasteiger partial charge in [-0.15, -0.1) is 6.42 Å². The van der Waals surface area contributed by atoms with E-state index in [-0.39, 0.29) is 5.56 Å². The Hall–Kier alpha value is -1.04. The predicted octanol–water partition coefficient (Wildman–Crippen LogP) is 2.15. The molecule has 0 aliphatic heterocycles. The van der Waals surface area contributed by atoms with Crippen LogP contribution in [0.3, 0.4) is 0 Å². The highest BCUT2D eigenvalue weighted by atomic mass is 35.5. The monoisotopic (exact) mass is 184 g/mol. The molecule has 0 fully saturated rings. The van der Waals surface area contributed by atoms with Gasteiger partial charge in [-0.05, 0) is 18.2 Å². The van der Waals surface area contributed by atoms with E-state index in [1.165, 1.54) is 12.1 Å². The topological polar surface area (TPSA) is 20.2 Å². The second-order valence-corrected chi connectivity index (χ2v) is 2.67. The van der Waals surface area contributed by atoms with Gasteiger partial charge in [-0.2, -0.15) is 0 Å². The van der Waals surface area contributed by atoms with Gasteiger partial charge in [0.25, 0.3) is 0 Å². The minimum atomic E-state index is -1.23. The van der Waals surface area contributed by atoms with E-state index >= 15 is 0 Å². The van der Waals surface area contributed by atoms with Gasteiger partial charge in [0.15, 0.2) is 0 Å². The van der Waals surface area contributed by atoms with E-state index in [4.69, 9.17) is 23.1 Å². The summed E-state index contributed by atoms with van der Waals surface area (Å²) in [6.07, 6.45) is 3.68. The van der Waals surface area contributed by atoms with Gasteiger partial charge in [0.2, 0.25) is 0 Å². The fourth-order valence-electron chi connectivity index (χ4n) is 0.814. The van der Waals surface area contributed by atoms with Crippen molar-refractivity contribution in [2.45, 2.75) is 6.10 Å². The van der Waals surface area contributed by atoms with Gasteiger partial charge >= 0.3 is 0 Å². The Balaban J connectivity index is 3.15. The molecule has 1 aromatic rings. The van der Waals surface area contributed by atoms with E-state index in [9.17, 15) is 4.39 Å². The maximum absolute atomic E-state index is 12.9. The van der Waals surface area contributed by atoms with Crippen LogP contribution in [-0.2, 0) is 0 Å². The van der Waals surface area contributed by atoms with Crippen molar-refractivity contribution in [3.8, 4) is 12.3 Å². The largest absolute Gasteiger partial charge is 0.376 e. The molecule has 1 N–H and O–H groups in total. The molecule has 0 spiro atoms. The minimum absolute atomic E-state index is 0.0324. The Morgan fingerprint density at radius 3 is 2.83 bits per heavy atom. The zero-order valence-corrected chi connectivity index (χ0v) is 6.85. The molecule has 0 radical (unpaired) electrons. The van der Waals surface area contributed by atoms with E-state index in [0.29, 0.717) is 5.02 Å². The van der Waals surface area contributed by atoms with Gasteiger partial charge in [-0.3, -0.25) is 0 Å². The van der Waals surface area contributed by atoms with Crippen LogP contribution in [-0.4, -0.2) is 5.11 Å². The molecule has 1 rings (SSSR count). The Morgan fingerprint density at radius 1 is 1.58 bits per heavy atom. The van der Waals surface area contributed by atoms with E-state index in [1.807, 2.05) is 5.92 Å². The summed E-state index contributed by atoms with van der Waals surface area (Å²) >= 11 is 5.57. The molecular weight excluding hydrogens is 179 g/mol. The third kappa shape index (κ3) is 1.76. The van der Waals surface area contributed by atoms with Gasteiger partial charge in [-0.25, -0.2) is 4.39 Å². The first-order chi connectivity index (χ1) is 5.65. The molecule has 62 valence electrons. The summed E-state index contributed by atoms with van der Waals surface area (Å²) in [7, 11) is 0. The van der Waals surface area contributed by atoms with Crippen LogP contribution in [0.4, 0.5) is 4.39 Å².